The summed E-state index contributed by atoms with van der Waals surface area (Å²) in [4.78, 5) is 1.40. The lowest BCUT2D eigenvalue weighted by atomic mass is 9.77. The number of aryl methyl sites for hydroxylation is 1. The SMILES string of the molecule is CCCNC(c1cc(C)c(Br)s1)C(C)(C)c1ccccc1. The zero-order valence-electron chi connectivity index (χ0n) is 13.2. The van der Waals surface area contributed by atoms with Crippen molar-refractivity contribution in [3.63, 3.8) is 0 Å². The highest BCUT2D eigenvalue weighted by molar-refractivity contribution is 9.11. The Kier molecular flexibility index (Phi) is 5.64. The number of benzene rings is 1. The Morgan fingerprint density at radius 1 is 1.24 bits per heavy atom. The van der Waals surface area contributed by atoms with Gasteiger partial charge in [0, 0.05) is 10.3 Å². The second-order valence-electron chi connectivity index (χ2n) is 6.08. The molecule has 0 aliphatic rings. The summed E-state index contributed by atoms with van der Waals surface area (Å²) >= 11 is 5.51. The third kappa shape index (κ3) is 3.77. The Bertz CT molecular complexity index is 555. The van der Waals surface area contributed by atoms with E-state index in [1.807, 2.05) is 11.3 Å². The highest BCUT2D eigenvalue weighted by atomic mass is 79.9. The molecule has 0 amide bonds. The molecule has 1 atom stereocenters. The summed E-state index contributed by atoms with van der Waals surface area (Å²) in [6.45, 7) is 10.1. The fraction of sp³-hybridized carbons (Fsp3) is 0.444. The van der Waals surface area contributed by atoms with Gasteiger partial charge in [-0.15, -0.1) is 11.3 Å². The van der Waals surface area contributed by atoms with Gasteiger partial charge in [-0.05, 0) is 53.0 Å². The van der Waals surface area contributed by atoms with Crippen molar-refractivity contribution in [2.24, 2.45) is 0 Å². The molecule has 1 nitrogen and oxygen atoms in total. The van der Waals surface area contributed by atoms with Gasteiger partial charge in [-0.3, -0.25) is 0 Å². The normalized spacial score (nSPS) is 13.4. The molecule has 2 rings (SSSR count). The number of nitrogens with one attached hydrogen (secondary N) is 1. The number of hydrogen-bond acceptors (Lipinski definition) is 2. The molecular formula is C18H24BrNS. The maximum Gasteiger partial charge on any atom is 0.0731 e. The summed E-state index contributed by atoms with van der Waals surface area (Å²) in [6.07, 6.45) is 1.15. The minimum atomic E-state index is 0.0488. The maximum absolute atomic E-state index is 3.75. The van der Waals surface area contributed by atoms with Crippen molar-refractivity contribution in [3.8, 4) is 0 Å². The number of thiophene rings is 1. The Hall–Kier alpha value is -0.640. The molecule has 1 aromatic carbocycles. The molecule has 1 unspecified atom stereocenters. The van der Waals surface area contributed by atoms with Gasteiger partial charge in [0.05, 0.1) is 9.83 Å². The van der Waals surface area contributed by atoms with E-state index in [1.165, 1.54) is 19.8 Å². The van der Waals surface area contributed by atoms with E-state index in [0.29, 0.717) is 6.04 Å². The van der Waals surface area contributed by atoms with Gasteiger partial charge >= 0.3 is 0 Å². The van der Waals surface area contributed by atoms with Gasteiger partial charge in [-0.25, -0.2) is 0 Å². The van der Waals surface area contributed by atoms with Crippen LogP contribution in [-0.4, -0.2) is 6.54 Å². The van der Waals surface area contributed by atoms with Crippen LogP contribution in [0.5, 0.6) is 0 Å². The smallest absolute Gasteiger partial charge is 0.0731 e. The van der Waals surface area contributed by atoms with Crippen LogP contribution in [0.3, 0.4) is 0 Å². The number of halogens is 1. The quantitative estimate of drug-likeness (QED) is 0.677. The molecule has 0 saturated carbocycles. The monoisotopic (exact) mass is 365 g/mol. The van der Waals surface area contributed by atoms with Crippen LogP contribution < -0.4 is 5.32 Å². The average molecular weight is 366 g/mol. The van der Waals surface area contributed by atoms with Crippen molar-refractivity contribution in [1.29, 1.82) is 0 Å². The largest absolute Gasteiger partial charge is 0.309 e. The van der Waals surface area contributed by atoms with Gasteiger partial charge < -0.3 is 5.32 Å². The van der Waals surface area contributed by atoms with Gasteiger partial charge in [0.2, 0.25) is 0 Å². The Morgan fingerprint density at radius 2 is 1.90 bits per heavy atom. The standard InChI is InChI=1S/C18H24BrNS/c1-5-11-20-16(15-12-13(2)17(19)21-15)18(3,4)14-9-7-6-8-10-14/h6-10,12,16,20H,5,11H2,1-4H3. The van der Waals surface area contributed by atoms with Crippen molar-refractivity contribution in [1.82, 2.24) is 5.32 Å². The first-order valence-corrected chi connectivity index (χ1v) is 9.12. The van der Waals surface area contributed by atoms with Crippen molar-refractivity contribution in [3.05, 3.63) is 56.2 Å². The molecule has 1 N–H and O–H groups in total. The molecule has 2 aromatic rings. The number of hydrogen-bond donors (Lipinski definition) is 1. The van der Waals surface area contributed by atoms with Crippen LogP contribution >= 0.6 is 27.3 Å². The van der Waals surface area contributed by atoms with E-state index < -0.39 is 0 Å². The topological polar surface area (TPSA) is 12.0 Å². The highest BCUT2D eigenvalue weighted by Gasteiger charge is 2.33. The predicted molar refractivity (Wildman–Crippen MR) is 97.3 cm³/mol. The summed E-state index contributed by atoms with van der Waals surface area (Å²) < 4.78 is 1.24. The van der Waals surface area contributed by atoms with Crippen LogP contribution in [0.1, 0.15) is 49.2 Å². The lowest BCUT2D eigenvalue weighted by molar-refractivity contribution is 0.353. The van der Waals surface area contributed by atoms with Crippen molar-refractivity contribution >= 4 is 27.3 Å². The second kappa shape index (κ2) is 7.08. The third-order valence-electron chi connectivity index (χ3n) is 4.00. The summed E-state index contributed by atoms with van der Waals surface area (Å²) in [5, 5.41) is 3.75. The molecule has 114 valence electrons. The van der Waals surface area contributed by atoms with Gasteiger partial charge in [0.25, 0.3) is 0 Å². The first kappa shape index (κ1) is 16.7. The zero-order valence-corrected chi connectivity index (χ0v) is 15.6. The molecule has 0 spiro atoms. The summed E-state index contributed by atoms with van der Waals surface area (Å²) in [6, 6.07) is 13.4. The minimum absolute atomic E-state index is 0.0488. The molecule has 1 heterocycles. The van der Waals surface area contributed by atoms with Gasteiger partial charge in [0.1, 0.15) is 0 Å². The summed E-state index contributed by atoms with van der Waals surface area (Å²) in [5.41, 5.74) is 2.75. The molecule has 21 heavy (non-hydrogen) atoms. The van der Waals surface area contributed by atoms with E-state index in [2.05, 4.69) is 85.3 Å². The van der Waals surface area contributed by atoms with Crippen LogP contribution in [0.25, 0.3) is 0 Å². The predicted octanol–water partition coefficient (Wildman–Crippen LogP) is 5.84. The molecule has 0 aliphatic heterocycles. The molecule has 1 aromatic heterocycles. The van der Waals surface area contributed by atoms with Crippen LogP contribution in [0.4, 0.5) is 0 Å². The molecule has 0 bridgehead atoms. The van der Waals surface area contributed by atoms with Crippen LogP contribution in [0, 0.1) is 6.92 Å². The molecule has 3 heteroatoms. The van der Waals surface area contributed by atoms with Gasteiger partial charge in [-0.2, -0.15) is 0 Å². The van der Waals surface area contributed by atoms with Gasteiger partial charge in [0.15, 0.2) is 0 Å². The molecular weight excluding hydrogens is 342 g/mol. The van der Waals surface area contributed by atoms with E-state index in [0.717, 1.165) is 13.0 Å². The van der Waals surface area contributed by atoms with Crippen molar-refractivity contribution < 1.29 is 0 Å². The summed E-state index contributed by atoms with van der Waals surface area (Å²) in [5.74, 6) is 0. The maximum atomic E-state index is 3.75. The molecule has 0 saturated heterocycles. The van der Waals surface area contributed by atoms with Crippen LogP contribution in [-0.2, 0) is 5.41 Å². The van der Waals surface area contributed by atoms with E-state index in [9.17, 15) is 0 Å². The molecule has 0 radical (unpaired) electrons. The van der Waals surface area contributed by atoms with E-state index in [4.69, 9.17) is 0 Å². The van der Waals surface area contributed by atoms with E-state index in [1.54, 1.807) is 0 Å². The van der Waals surface area contributed by atoms with E-state index in [-0.39, 0.29) is 5.41 Å². The first-order valence-electron chi connectivity index (χ1n) is 7.51. The summed E-state index contributed by atoms with van der Waals surface area (Å²) in [7, 11) is 0. The third-order valence-corrected chi connectivity index (χ3v) is 6.20. The van der Waals surface area contributed by atoms with Gasteiger partial charge in [-0.1, -0.05) is 51.1 Å². The Labute approximate surface area is 140 Å². The molecule has 0 aliphatic carbocycles. The first-order chi connectivity index (χ1) is 9.96. The van der Waals surface area contributed by atoms with Crippen molar-refractivity contribution in [2.75, 3.05) is 6.54 Å². The highest BCUT2D eigenvalue weighted by Crippen LogP contribution is 2.41. The molecule has 0 fully saturated rings. The van der Waals surface area contributed by atoms with Crippen LogP contribution in [0.2, 0.25) is 0 Å². The Morgan fingerprint density at radius 3 is 2.43 bits per heavy atom. The second-order valence-corrected chi connectivity index (χ2v) is 8.48. The lowest BCUT2D eigenvalue weighted by Crippen LogP contribution is -2.37. The Balaban J connectivity index is 2.39. The lowest BCUT2D eigenvalue weighted by Gasteiger charge is -2.35. The fourth-order valence-electron chi connectivity index (χ4n) is 2.66. The fourth-order valence-corrected chi connectivity index (χ4v) is 4.49. The minimum Gasteiger partial charge on any atom is -0.309 e. The van der Waals surface area contributed by atoms with Crippen LogP contribution in [0.15, 0.2) is 40.2 Å². The number of rotatable bonds is 6. The van der Waals surface area contributed by atoms with Crippen molar-refractivity contribution in [2.45, 2.75) is 45.6 Å². The van der Waals surface area contributed by atoms with E-state index >= 15 is 0 Å². The zero-order chi connectivity index (χ0) is 15.5. The average Bonchev–Trinajstić information content (AvgIpc) is 2.79.